The predicted molar refractivity (Wildman–Crippen MR) is 92.4 cm³/mol. The Morgan fingerprint density at radius 1 is 1.19 bits per heavy atom. The monoisotopic (exact) mass is 355 g/mol. The van der Waals surface area contributed by atoms with E-state index in [9.17, 15) is 9.59 Å². The number of hydrogen-bond acceptors (Lipinski definition) is 7. The van der Waals surface area contributed by atoms with Crippen molar-refractivity contribution < 1.29 is 19.2 Å². The van der Waals surface area contributed by atoms with Gasteiger partial charge in [0.1, 0.15) is 0 Å². The quantitative estimate of drug-likeness (QED) is 0.537. The second-order valence-corrected chi connectivity index (χ2v) is 5.45. The molecule has 9 heteroatoms. The lowest BCUT2D eigenvalue weighted by Crippen LogP contribution is -2.25. The van der Waals surface area contributed by atoms with E-state index >= 15 is 0 Å². The summed E-state index contributed by atoms with van der Waals surface area (Å²) < 4.78 is 4.85. The van der Waals surface area contributed by atoms with Crippen LogP contribution in [0.15, 0.2) is 41.1 Å². The maximum atomic E-state index is 12.2. The fourth-order valence-corrected chi connectivity index (χ4v) is 2.32. The topological polar surface area (TPSA) is 130 Å². The molecule has 26 heavy (non-hydrogen) atoms. The maximum absolute atomic E-state index is 12.2. The van der Waals surface area contributed by atoms with E-state index in [0.29, 0.717) is 18.7 Å². The van der Waals surface area contributed by atoms with Crippen LogP contribution in [0.5, 0.6) is 0 Å². The van der Waals surface area contributed by atoms with Gasteiger partial charge in [0, 0.05) is 24.7 Å². The number of hydrogen-bond donors (Lipinski definition) is 3. The molecule has 0 aliphatic rings. The summed E-state index contributed by atoms with van der Waals surface area (Å²) in [7, 11) is 0. The minimum absolute atomic E-state index is 0.0285. The van der Waals surface area contributed by atoms with Gasteiger partial charge < -0.3 is 20.3 Å². The van der Waals surface area contributed by atoms with Crippen LogP contribution in [0.2, 0.25) is 0 Å². The summed E-state index contributed by atoms with van der Waals surface area (Å²) in [4.78, 5) is 32.1. The van der Waals surface area contributed by atoms with Gasteiger partial charge in [-0.05, 0) is 30.7 Å². The molecule has 0 unspecified atom stereocenters. The summed E-state index contributed by atoms with van der Waals surface area (Å²) in [5.41, 5.74) is 1.40. The molecule has 0 bridgehead atoms. The number of rotatable bonds is 7. The van der Waals surface area contributed by atoms with E-state index in [-0.39, 0.29) is 30.7 Å². The van der Waals surface area contributed by atoms with Gasteiger partial charge in [0.25, 0.3) is 0 Å². The Morgan fingerprint density at radius 2 is 2.08 bits per heavy atom. The van der Waals surface area contributed by atoms with Crippen LogP contribution in [0.1, 0.15) is 22.9 Å². The normalized spacial score (nSPS) is 10.7. The first-order valence-corrected chi connectivity index (χ1v) is 8.02. The minimum Gasteiger partial charge on any atom is -0.396 e. The number of aliphatic hydroxyl groups is 1. The predicted octanol–water partition coefficient (Wildman–Crippen LogP) is 0.911. The average Bonchev–Trinajstić information content (AvgIpc) is 3.10. The molecule has 0 saturated carbocycles. The van der Waals surface area contributed by atoms with Gasteiger partial charge in [0.2, 0.25) is 5.91 Å². The second-order valence-electron chi connectivity index (χ2n) is 5.45. The fraction of sp³-hybridized carbons (Fsp3) is 0.235. The molecule has 134 valence electrons. The van der Waals surface area contributed by atoms with E-state index in [1.807, 2.05) is 12.1 Å². The highest BCUT2D eigenvalue weighted by Crippen LogP contribution is 2.21. The molecule has 0 radical (unpaired) electrons. The highest BCUT2D eigenvalue weighted by molar-refractivity contribution is 6.01. The number of fused-ring (bicyclic) bond motifs is 1. The minimum atomic E-state index is -0.544. The molecule has 0 fully saturated rings. The van der Waals surface area contributed by atoms with Crippen LogP contribution in [0.4, 0.5) is 5.69 Å². The third-order valence-electron chi connectivity index (χ3n) is 3.52. The van der Waals surface area contributed by atoms with E-state index in [1.165, 1.54) is 0 Å². The first kappa shape index (κ1) is 17.5. The summed E-state index contributed by atoms with van der Waals surface area (Å²) in [5, 5.41) is 18.5. The number of amides is 2. The number of aliphatic hydroxyl groups excluding tert-OH is 1. The van der Waals surface area contributed by atoms with Crippen molar-refractivity contribution in [3.05, 3.63) is 48.2 Å². The van der Waals surface area contributed by atoms with Gasteiger partial charge in [-0.2, -0.15) is 4.98 Å². The summed E-state index contributed by atoms with van der Waals surface area (Å²) in [6, 6.07) is 9.08. The van der Waals surface area contributed by atoms with Crippen LogP contribution in [0, 0.1) is 0 Å². The van der Waals surface area contributed by atoms with Crippen molar-refractivity contribution in [3.8, 4) is 0 Å². The lowest BCUT2D eigenvalue weighted by Gasteiger charge is -2.07. The lowest BCUT2D eigenvalue weighted by atomic mass is 10.2. The number of nitrogens with one attached hydrogen (secondary N) is 2. The summed E-state index contributed by atoms with van der Waals surface area (Å²) >= 11 is 0. The lowest BCUT2D eigenvalue weighted by molar-refractivity contribution is -0.115. The Morgan fingerprint density at radius 3 is 2.92 bits per heavy atom. The average molecular weight is 355 g/mol. The van der Waals surface area contributed by atoms with Gasteiger partial charge in [0.15, 0.2) is 5.82 Å². The van der Waals surface area contributed by atoms with Gasteiger partial charge in [-0.1, -0.05) is 11.2 Å². The molecule has 3 rings (SSSR count). The molecule has 0 aliphatic carbocycles. The van der Waals surface area contributed by atoms with E-state index in [1.54, 1.807) is 24.4 Å². The van der Waals surface area contributed by atoms with Crippen LogP contribution < -0.4 is 10.6 Å². The Balaban J connectivity index is 1.62. The van der Waals surface area contributed by atoms with Crippen molar-refractivity contribution in [2.45, 2.75) is 12.8 Å². The Hall–Kier alpha value is -3.33. The van der Waals surface area contributed by atoms with Gasteiger partial charge in [-0.3, -0.25) is 14.6 Å². The number of nitrogens with zero attached hydrogens (tertiary/aromatic N) is 3. The number of anilines is 1. The standard InChI is InChI=1S/C17H17N5O4/c23-9-3-8-19-16(25)17-21-14(22-26-17)10-15(24)20-13-6-1-5-12-11(13)4-2-7-18-12/h1-2,4-7,23H,3,8-10H2,(H,19,25)(H,20,24). The molecular weight excluding hydrogens is 338 g/mol. The van der Waals surface area contributed by atoms with Gasteiger partial charge in [0.05, 0.1) is 17.6 Å². The van der Waals surface area contributed by atoms with Gasteiger partial charge in [-0.15, -0.1) is 0 Å². The van der Waals surface area contributed by atoms with Crippen LogP contribution in [-0.2, 0) is 11.2 Å². The molecule has 0 atom stereocenters. The van der Waals surface area contributed by atoms with Crippen LogP contribution in [0.25, 0.3) is 10.9 Å². The third-order valence-corrected chi connectivity index (χ3v) is 3.52. The number of pyridine rings is 1. The zero-order valence-corrected chi connectivity index (χ0v) is 13.8. The highest BCUT2D eigenvalue weighted by atomic mass is 16.5. The van der Waals surface area contributed by atoms with Gasteiger partial charge >= 0.3 is 11.8 Å². The first-order valence-electron chi connectivity index (χ1n) is 8.02. The fourth-order valence-electron chi connectivity index (χ4n) is 2.32. The summed E-state index contributed by atoms with van der Waals surface area (Å²) in [5.74, 6) is -1.000. The number of aromatic nitrogens is 3. The van der Waals surface area contributed by atoms with Gasteiger partial charge in [-0.25, -0.2) is 0 Å². The number of carbonyl (C=O) groups excluding carboxylic acids is 2. The number of carbonyl (C=O) groups is 2. The summed E-state index contributed by atoms with van der Waals surface area (Å²) in [6.07, 6.45) is 1.97. The third kappa shape index (κ3) is 4.19. The van der Waals surface area contributed by atoms with Crippen LogP contribution in [-0.4, -0.2) is 45.2 Å². The molecule has 0 aliphatic heterocycles. The van der Waals surface area contributed by atoms with Crippen molar-refractivity contribution in [2.24, 2.45) is 0 Å². The zero-order chi connectivity index (χ0) is 18.4. The SMILES string of the molecule is O=C(Cc1noc(C(=O)NCCCO)n1)Nc1cccc2ncccc12. The van der Waals surface area contributed by atoms with Crippen LogP contribution in [0.3, 0.4) is 0 Å². The largest absolute Gasteiger partial charge is 0.396 e. The number of benzene rings is 1. The van der Waals surface area contributed by atoms with Crippen molar-refractivity contribution in [1.82, 2.24) is 20.4 Å². The molecule has 0 spiro atoms. The summed E-state index contributed by atoms with van der Waals surface area (Å²) in [6.45, 7) is 0.266. The van der Waals surface area contributed by atoms with E-state index in [0.717, 1.165) is 10.9 Å². The van der Waals surface area contributed by atoms with Crippen molar-refractivity contribution in [3.63, 3.8) is 0 Å². The van der Waals surface area contributed by atoms with E-state index < -0.39 is 5.91 Å². The molecule has 2 aromatic heterocycles. The Labute approximate surface area is 148 Å². The smallest absolute Gasteiger partial charge is 0.315 e. The Kier molecular flexibility index (Phi) is 5.49. The maximum Gasteiger partial charge on any atom is 0.315 e. The molecule has 9 nitrogen and oxygen atoms in total. The van der Waals surface area contributed by atoms with Crippen molar-refractivity contribution in [2.75, 3.05) is 18.5 Å². The molecule has 2 amide bonds. The molecule has 3 N–H and O–H groups in total. The van der Waals surface area contributed by atoms with Crippen molar-refractivity contribution in [1.29, 1.82) is 0 Å². The highest BCUT2D eigenvalue weighted by Gasteiger charge is 2.17. The van der Waals surface area contributed by atoms with E-state index in [2.05, 4.69) is 25.8 Å². The van der Waals surface area contributed by atoms with E-state index in [4.69, 9.17) is 9.63 Å². The molecule has 1 aromatic carbocycles. The first-order chi connectivity index (χ1) is 12.7. The second kappa shape index (κ2) is 8.17. The zero-order valence-electron chi connectivity index (χ0n) is 13.8. The van der Waals surface area contributed by atoms with Crippen LogP contribution >= 0.6 is 0 Å². The Bertz CT molecular complexity index is 919. The molecular formula is C17H17N5O4. The molecule has 3 aromatic rings. The molecule has 0 saturated heterocycles. The molecule has 2 heterocycles. The van der Waals surface area contributed by atoms with Crippen molar-refractivity contribution >= 4 is 28.4 Å².